The first kappa shape index (κ1) is 19.7. The highest BCUT2D eigenvalue weighted by atomic mass is 16.5. The summed E-state index contributed by atoms with van der Waals surface area (Å²) in [4.78, 5) is 24.1. The lowest BCUT2D eigenvalue weighted by molar-refractivity contribution is -0.0968. The van der Waals surface area contributed by atoms with Gasteiger partial charge in [0, 0.05) is 25.5 Å². The molecular weight excluding hydrogens is 394 g/mol. The summed E-state index contributed by atoms with van der Waals surface area (Å²) in [7, 11) is 1.62. The number of carbonyl (C=O) groups excluding carboxylic acids is 1. The van der Waals surface area contributed by atoms with Gasteiger partial charge in [-0.05, 0) is 43.9 Å². The Bertz CT molecular complexity index is 1120. The van der Waals surface area contributed by atoms with Gasteiger partial charge in [0.25, 0.3) is 5.91 Å². The van der Waals surface area contributed by atoms with Crippen molar-refractivity contribution in [2.24, 2.45) is 0 Å². The van der Waals surface area contributed by atoms with Crippen molar-refractivity contribution in [1.82, 2.24) is 24.6 Å². The minimum Gasteiger partial charge on any atom is -0.494 e. The van der Waals surface area contributed by atoms with Gasteiger partial charge in [-0.2, -0.15) is 5.10 Å². The summed E-state index contributed by atoms with van der Waals surface area (Å²) in [5.41, 5.74) is 3.10. The molecule has 1 saturated heterocycles. The van der Waals surface area contributed by atoms with Gasteiger partial charge in [0.1, 0.15) is 22.9 Å². The fourth-order valence-corrected chi connectivity index (χ4v) is 4.52. The van der Waals surface area contributed by atoms with Gasteiger partial charge >= 0.3 is 0 Å². The second-order valence-corrected chi connectivity index (χ2v) is 8.02. The number of hydrogen-bond donors (Lipinski definition) is 0. The highest BCUT2D eigenvalue weighted by Gasteiger charge is 2.43. The van der Waals surface area contributed by atoms with E-state index in [-0.39, 0.29) is 5.91 Å². The van der Waals surface area contributed by atoms with E-state index >= 15 is 0 Å². The molecule has 0 saturated carbocycles. The number of likely N-dealkylation sites (tertiary alicyclic amines) is 1. The summed E-state index contributed by atoms with van der Waals surface area (Å²) in [5, 5.41) is 4.38. The second kappa shape index (κ2) is 7.77. The zero-order valence-electron chi connectivity index (χ0n) is 17.7. The third-order valence-electron chi connectivity index (χ3n) is 6.19. The average molecular weight is 419 g/mol. The normalized spacial score (nSPS) is 17.4. The van der Waals surface area contributed by atoms with Gasteiger partial charge in [-0.1, -0.05) is 12.1 Å². The van der Waals surface area contributed by atoms with Crippen molar-refractivity contribution in [1.29, 1.82) is 0 Å². The Morgan fingerprint density at radius 3 is 2.81 bits per heavy atom. The number of methoxy groups -OCH3 is 1. The second-order valence-electron chi connectivity index (χ2n) is 8.02. The maximum Gasteiger partial charge on any atom is 0.257 e. The Morgan fingerprint density at radius 2 is 2.00 bits per heavy atom. The van der Waals surface area contributed by atoms with Crippen LogP contribution in [-0.2, 0) is 16.8 Å². The lowest BCUT2D eigenvalue weighted by Crippen LogP contribution is -2.49. The van der Waals surface area contributed by atoms with Crippen molar-refractivity contribution in [3.8, 4) is 11.4 Å². The van der Waals surface area contributed by atoms with E-state index in [4.69, 9.17) is 14.5 Å². The molecule has 1 fully saturated rings. The molecule has 8 nitrogen and oxygen atoms in total. The molecule has 0 bridgehead atoms. The zero-order valence-corrected chi connectivity index (χ0v) is 17.7. The van der Waals surface area contributed by atoms with Crippen molar-refractivity contribution in [3.63, 3.8) is 0 Å². The summed E-state index contributed by atoms with van der Waals surface area (Å²) in [6, 6.07) is 7.60. The number of carbonyl (C=O) groups is 1. The fraction of sp³-hybridized carbons (Fsp3) is 0.391. The topological polar surface area (TPSA) is 82.4 Å². The standard InChI is InChI=1S/C23H25N5O3/c1-16-24-13-17-7-12-31-23(21(17)26-16)8-10-27(11-9-23)22(29)18-14-25-28(15-18)19-5-3-4-6-20(19)30-2/h3-6,13-15H,7-12H2,1-2H3. The molecule has 2 aliphatic heterocycles. The highest BCUT2D eigenvalue weighted by molar-refractivity contribution is 5.94. The number of ether oxygens (including phenoxy) is 2. The average Bonchev–Trinajstić information content (AvgIpc) is 3.30. The summed E-state index contributed by atoms with van der Waals surface area (Å²) in [6.45, 7) is 3.79. The van der Waals surface area contributed by atoms with Gasteiger partial charge in [0.15, 0.2) is 0 Å². The van der Waals surface area contributed by atoms with E-state index in [9.17, 15) is 4.79 Å². The van der Waals surface area contributed by atoms with E-state index in [0.717, 1.165) is 42.0 Å². The van der Waals surface area contributed by atoms with E-state index in [1.54, 1.807) is 24.2 Å². The first-order valence-electron chi connectivity index (χ1n) is 10.5. The predicted molar refractivity (Wildman–Crippen MR) is 113 cm³/mol. The number of amides is 1. The number of benzene rings is 1. The summed E-state index contributed by atoms with van der Waals surface area (Å²) < 4.78 is 13.3. The maximum atomic E-state index is 13.1. The van der Waals surface area contributed by atoms with Crippen LogP contribution >= 0.6 is 0 Å². The van der Waals surface area contributed by atoms with Gasteiger partial charge in [0.05, 0.1) is 31.2 Å². The molecular formula is C23H25N5O3. The fourth-order valence-electron chi connectivity index (χ4n) is 4.52. The van der Waals surface area contributed by atoms with Crippen LogP contribution < -0.4 is 4.74 Å². The van der Waals surface area contributed by atoms with E-state index < -0.39 is 5.60 Å². The van der Waals surface area contributed by atoms with Crippen molar-refractivity contribution < 1.29 is 14.3 Å². The Kier molecular flexibility index (Phi) is 4.94. The number of aromatic nitrogens is 4. The largest absolute Gasteiger partial charge is 0.494 e. The molecule has 4 heterocycles. The smallest absolute Gasteiger partial charge is 0.257 e. The van der Waals surface area contributed by atoms with E-state index in [1.165, 1.54) is 0 Å². The van der Waals surface area contributed by atoms with Crippen LogP contribution in [0, 0.1) is 6.92 Å². The van der Waals surface area contributed by atoms with E-state index in [0.29, 0.717) is 31.0 Å². The molecule has 1 amide bonds. The van der Waals surface area contributed by atoms with Crippen molar-refractivity contribution in [3.05, 3.63) is 65.5 Å². The molecule has 0 radical (unpaired) electrons. The number of para-hydroxylation sites is 2. The Hall–Kier alpha value is -3.26. The van der Waals surface area contributed by atoms with Crippen LogP contribution in [0.15, 0.2) is 42.9 Å². The third kappa shape index (κ3) is 3.46. The van der Waals surface area contributed by atoms with Crippen LogP contribution in [0.4, 0.5) is 0 Å². The van der Waals surface area contributed by atoms with E-state index in [2.05, 4.69) is 10.1 Å². The van der Waals surface area contributed by atoms with Gasteiger partial charge < -0.3 is 14.4 Å². The minimum absolute atomic E-state index is 0.0223. The lowest BCUT2D eigenvalue weighted by atomic mass is 9.83. The molecule has 8 heteroatoms. The molecule has 2 aliphatic rings. The monoisotopic (exact) mass is 419 g/mol. The number of hydrogen-bond acceptors (Lipinski definition) is 6. The summed E-state index contributed by atoms with van der Waals surface area (Å²) in [6.07, 6.45) is 7.58. The molecule has 3 aromatic rings. The van der Waals surface area contributed by atoms with Crippen LogP contribution in [0.25, 0.3) is 5.69 Å². The first-order valence-corrected chi connectivity index (χ1v) is 10.5. The number of nitrogens with zero attached hydrogens (tertiary/aromatic N) is 5. The molecule has 1 aromatic carbocycles. The molecule has 160 valence electrons. The molecule has 0 unspecified atom stereocenters. The van der Waals surface area contributed by atoms with Crippen LogP contribution in [0.1, 0.15) is 40.3 Å². The first-order chi connectivity index (χ1) is 15.1. The lowest BCUT2D eigenvalue weighted by Gasteiger charge is -2.44. The Balaban J connectivity index is 1.33. The number of rotatable bonds is 3. The molecule has 0 aliphatic carbocycles. The van der Waals surface area contributed by atoms with Crippen molar-refractivity contribution >= 4 is 5.91 Å². The molecule has 0 N–H and O–H groups in total. The molecule has 5 rings (SSSR count). The summed E-state index contributed by atoms with van der Waals surface area (Å²) in [5.74, 6) is 1.44. The maximum absolute atomic E-state index is 13.1. The quantitative estimate of drug-likeness (QED) is 0.649. The van der Waals surface area contributed by atoms with Crippen LogP contribution in [0.5, 0.6) is 5.75 Å². The van der Waals surface area contributed by atoms with Gasteiger partial charge in [0.2, 0.25) is 0 Å². The molecule has 31 heavy (non-hydrogen) atoms. The van der Waals surface area contributed by atoms with Gasteiger partial charge in [-0.25, -0.2) is 14.6 Å². The molecule has 0 atom stereocenters. The van der Waals surface area contributed by atoms with Crippen molar-refractivity contribution in [2.75, 3.05) is 26.8 Å². The summed E-state index contributed by atoms with van der Waals surface area (Å²) >= 11 is 0. The zero-order chi connectivity index (χ0) is 21.4. The Labute approximate surface area is 180 Å². The number of aryl methyl sites for hydroxylation is 1. The van der Waals surface area contributed by atoms with Crippen LogP contribution in [-0.4, -0.2) is 57.4 Å². The SMILES string of the molecule is COc1ccccc1-n1cc(C(=O)N2CCC3(CC2)OCCc2cnc(C)nc23)cn1. The van der Waals surface area contributed by atoms with Crippen molar-refractivity contribution in [2.45, 2.75) is 31.8 Å². The van der Waals surface area contributed by atoms with Gasteiger partial charge in [-0.15, -0.1) is 0 Å². The van der Waals surface area contributed by atoms with E-state index in [1.807, 2.05) is 42.3 Å². The number of fused-ring (bicyclic) bond motifs is 2. The predicted octanol–water partition coefficient (Wildman–Crippen LogP) is 2.68. The minimum atomic E-state index is -0.417. The number of piperidine rings is 1. The van der Waals surface area contributed by atoms with Crippen LogP contribution in [0.3, 0.4) is 0 Å². The van der Waals surface area contributed by atoms with Gasteiger partial charge in [-0.3, -0.25) is 4.79 Å². The third-order valence-corrected chi connectivity index (χ3v) is 6.19. The Morgan fingerprint density at radius 1 is 1.19 bits per heavy atom. The molecule has 2 aromatic heterocycles. The molecule has 1 spiro atoms. The highest BCUT2D eigenvalue weighted by Crippen LogP contribution is 2.40. The van der Waals surface area contributed by atoms with Crippen LogP contribution in [0.2, 0.25) is 0 Å².